The van der Waals surface area contributed by atoms with Gasteiger partial charge >= 0.3 is 11.9 Å². The van der Waals surface area contributed by atoms with E-state index in [0.717, 1.165) is 93.7 Å². The number of aliphatic imine (C=N–C) groups is 2. The van der Waals surface area contributed by atoms with Crippen LogP contribution in [0.15, 0.2) is 201 Å². The van der Waals surface area contributed by atoms with Crippen LogP contribution in [0.2, 0.25) is 51.4 Å². The lowest BCUT2D eigenvalue weighted by Gasteiger charge is -2.16. The first kappa shape index (κ1) is 90.1. The zero-order valence-electron chi connectivity index (χ0n) is 75.5. The Bertz CT molecular complexity index is 7390. The molecule has 0 radical (unpaired) electrons. The second-order valence-corrected chi connectivity index (χ2v) is 45.9. The maximum absolute atomic E-state index is 13.8. The first-order valence-electron chi connectivity index (χ1n) is 43.9. The molecule has 0 bridgehead atoms. The van der Waals surface area contributed by atoms with E-state index in [1.165, 1.54) is 14.2 Å². The van der Waals surface area contributed by atoms with Crippen LogP contribution in [0.1, 0.15) is 119 Å². The zero-order valence-corrected chi connectivity index (χ0v) is 77.5. The Morgan fingerprint density at radius 1 is 0.450 bits per heavy atom. The Morgan fingerprint density at radius 2 is 0.824 bits per heavy atom. The molecule has 131 heavy (non-hydrogen) atoms. The van der Waals surface area contributed by atoms with Crippen molar-refractivity contribution in [3.05, 3.63) is 269 Å². The molecule has 2 aliphatic heterocycles. The molecule has 0 unspecified atom stereocenters. The lowest BCUT2D eigenvalue weighted by Crippen LogP contribution is -2.26. The minimum Gasteiger partial charge on any atom is -0.465 e. The molecule has 0 saturated heterocycles. The van der Waals surface area contributed by atoms with Gasteiger partial charge in [0.05, 0.1) is 110 Å². The topological polar surface area (TPSA) is 391 Å². The van der Waals surface area contributed by atoms with Crippen molar-refractivity contribution in [1.29, 1.82) is 0 Å². The highest BCUT2D eigenvalue weighted by molar-refractivity contribution is 6.76. The van der Waals surface area contributed by atoms with E-state index in [1.54, 1.807) is 108 Å². The summed E-state index contributed by atoms with van der Waals surface area (Å²) in [4.78, 5) is 114. The van der Waals surface area contributed by atoms with Crippen molar-refractivity contribution in [2.45, 2.75) is 183 Å². The molecular weight excluding hydrogens is 1700 g/mol. The van der Waals surface area contributed by atoms with Gasteiger partial charge in [-0.3, -0.25) is 83.3 Å². The van der Waals surface area contributed by atoms with E-state index in [2.05, 4.69) is 84.7 Å². The largest absolute Gasteiger partial charge is 0.465 e. The van der Waals surface area contributed by atoms with E-state index in [4.69, 9.17) is 38.9 Å². The summed E-state index contributed by atoms with van der Waals surface area (Å²) in [7, 11) is 0.243. The number of aliphatic hydroxyl groups excluding tert-OH is 1. The third-order valence-electron chi connectivity index (χ3n) is 22.6. The molecule has 3 aromatic carbocycles. The summed E-state index contributed by atoms with van der Waals surface area (Å²) in [6, 6.07) is 24.4. The van der Waals surface area contributed by atoms with Crippen LogP contribution in [0.3, 0.4) is 0 Å². The number of H-pyrrole nitrogens is 1. The van der Waals surface area contributed by atoms with Crippen molar-refractivity contribution in [1.82, 2.24) is 114 Å². The van der Waals surface area contributed by atoms with Gasteiger partial charge in [-0.15, -0.1) is 0 Å². The average Bonchev–Trinajstić information content (AvgIpc) is 1.06. The number of hydrogen-bond acceptors (Lipinski definition) is 23. The van der Waals surface area contributed by atoms with E-state index in [0.29, 0.717) is 163 Å². The molecule has 2 aliphatic rings. The fourth-order valence-corrected chi connectivity index (χ4v) is 17.6. The SMILES string of the molecule is CCCn1c(=O)c2c(n3ccnc13)N=C(c1cnn(Cc3cccc(C(=O)OC)c3)c1)C2.CCCn1c(=O)c2c(n3ccnc13)N=C(c1cnn(Cc3cccc(CO)c3)c1)C2.CCCn1c(=O)c2c(nc(-c3cn[nH]c3)n2COCC[Si](C)(C)C)n2ccnc12.CCCn1c(=O)c2c(nc(-c3cnn(Cc4cccc(C(=O)OC)c4)c3)n2COCC[Si](C)(C)C)n2ccnc12. The Balaban J connectivity index is 0.000000129. The van der Waals surface area contributed by atoms with Gasteiger partial charge in [0.1, 0.15) is 36.7 Å². The molecule has 0 fully saturated rings. The van der Waals surface area contributed by atoms with Crippen molar-refractivity contribution < 1.29 is 33.6 Å². The lowest BCUT2D eigenvalue weighted by molar-refractivity contribution is 0.0591. The predicted octanol–water partition coefficient (Wildman–Crippen LogP) is 12.2. The van der Waals surface area contributed by atoms with Gasteiger partial charge in [0.2, 0.25) is 23.1 Å². The van der Waals surface area contributed by atoms with Crippen molar-refractivity contribution in [3.63, 3.8) is 0 Å². The number of aliphatic hydroxyl groups is 1. The van der Waals surface area contributed by atoms with Crippen LogP contribution < -0.4 is 22.2 Å². The van der Waals surface area contributed by atoms with Crippen molar-refractivity contribution in [2.75, 3.05) is 27.4 Å². The van der Waals surface area contributed by atoms with Crippen LogP contribution in [-0.2, 0) is 97.7 Å². The minimum atomic E-state index is -1.29. The van der Waals surface area contributed by atoms with Crippen LogP contribution in [0.4, 0.5) is 11.6 Å². The number of aromatic nitrogens is 24. The molecule has 678 valence electrons. The molecule has 19 rings (SSSR count). The van der Waals surface area contributed by atoms with Crippen molar-refractivity contribution in [3.8, 4) is 22.8 Å². The van der Waals surface area contributed by atoms with Gasteiger partial charge in [0.25, 0.3) is 22.2 Å². The summed E-state index contributed by atoms with van der Waals surface area (Å²) >= 11 is 0. The monoisotopic (exact) mass is 1810 g/mol. The number of aromatic amines is 1. The number of aryl methyl sites for hydroxylation is 4. The molecule has 16 heterocycles. The molecule has 0 amide bonds. The molecule has 0 aliphatic carbocycles. The number of fused-ring (bicyclic) bond motifs is 12. The summed E-state index contributed by atoms with van der Waals surface area (Å²) in [5.74, 6) is 4.22. The Hall–Kier alpha value is -14.3. The number of esters is 2. The summed E-state index contributed by atoms with van der Waals surface area (Å²) in [5, 5.41) is 29.7. The maximum Gasteiger partial charge on any atom is 0.337 e. The third-order valence-corrected chi connectivity index (χ3v) is 26.0. The van der Waals surface area contributed by atoms with E-state index >= 15 is 0 Å². The molecule has 14 aromatic heterocycles. The first-order valence-corrected chi connectivity index (χ1v) is 51.3. The zero-order chi connectivity index (χ0) is 91.9. The highest BCUT2D eigenvalue weighted by atomic mass is 28.3. The normalized spacial score (nSPS) is 12.5. The molecule has 0 saturated carbocycles. The van der Waals surface area contributed by atoms with Gasteiger partial charge in [0, 0.05) is 154 Å². The Kier molecular flexibility index (Phi) is 26.8. The smallest absolute Gasteiger partial charge is 0.337 e. The third kappa shape index (κ3) is 19.1. The Morgan fingerprint density at radius 3 is 1.22 bits per heavy atom. The van der Waals surface area contributed by atoms with E-state index in [9.17, 15) is 33.9 Å². The molecule has 0 spiro atoms. The number of benzene rings is 3. The second kappa shape index (κ2) is 39.0. The fourth-order valence-electron chi connectivity index (χ4n) is 16.1. The average molecular weight is 1810 g/mol. The second-order valence-electron chi connectivity index (χ2n) is 34.7. The lowest BCUT2D eigenvalue weighted by atomic mass is 10.1. The summed E-state index contributed by atoms with van der Waals surface area (Å²) in [5.41, 5.74) is 12.9. The van der Waals surface area contributed by atoms with Crippen LogP contribution >= 0.6 is 0 Å². The number of ether oxygens (including phenoxy) is 4. The number of hydrogen-bond donors (Lipinski definition) is 2. The van der Waals surface area contributed by atoms with Crippen LogP contribution in [0.5, 0.6) is 0 Å². The quantitative estimate of drug-likeness (QED) is 0.0231. The summed E-state index contributed by atoms with van der Waals surface area (Å²) in [6.07, 6.45) is 32.9. The van der Waals surface area contributed by atoms with Crippen LogP contribution in [-0.4, -0.2) is 186 Å². The number of rotatable bonds is 31. The van der Waals surface area contributed by atoms with Crippen LogP contribution in [0, 0.1) is 0 Å². The van der Waals surface area contributed by atoms with E-state index in [-0.39, 0.29) is 54.2 Å². The minimum absolute atomic E-state index is 0.0162. The predicted molar refractivity (Wildman–Crippen MR) is 502 cm³/mol. The number of nitrogens with zero attached hydrogens (tertiary/aromatic N) is 25. The molecule has 39 heteroatoms. The number of nitrogens with one attached hydrogen (secondary N) is 1. The van der Waals surface area contributed by atoms with Gasteiger partial charge in [-0.25, -0.2) is 49.5 Å². The van der Waals surface area contributed by atoms with Gasteiger partial charge in [-0.2, -0.15) is 20.4 Å². The summed E-state index contributed by atoms with van der Waals surface area (Å²) in [6.45, 7) is 27.8. The van der Waals surface area contributed by atoms with Gasteiger partial charge < -0.3 is 24.1 Å². The Labute approximate surface area is 753 Å². The number of methoxy groups -OCH3 is 2. The van der Waals surface area contributed by atoms with Crippen molar-refractivity contribution in [2.24, 2.45) is 9.98 Å². The molecular formula is C92H106N26O11Si2. The fraction of sp³-hybridized carbons (Fsp3) is 0.348. The number of imidazole rings is 6. The number of carbonyl (C=O) groups excluding carboxylic acids is 2. The van der Waals surface area contributed by atoms with E-state index < -0.39 is 16.1 Å². The van der Waals surface area contributed by atoms with Gasteiger partial charge in [0.15, 0.2) is 22.3 Å². The highest BCUT2D eigenvalue weighted by Gasteiger charge is 2.31. The van der Waals surface area contributed by atoms with Gasteiger partial charge in [-0.1, -0.05) is 116 Å². The van der Waals surface area contributed by atoms with Crippen LogP contribution in [0.25, 0.3) is 68.2 Å². The molecule has 0 atom stereocenters. The molecule has 2 N–H and O–H groups in total. The molecule has 17 aromatic rings. The van der Waals surface area contributed by atoms with Crippen molar-refractivity contribution >= 4 is 96.6 Å². The number of carbonyl (C=O) groups is 2. The summed E-state index contributed by atoms with van der Waals surface area (Å²) < 4.78 is 45.3. The standard InChI is InChI=1S/C28H35N7O4Si.C23H22N6O3.C22H22N6O2.C19H27N7O2Si/c1-6-11-34-26(36)23-25(33-12-10-29-28(33)34)31-24(35(23)19-39-13-14-40(3,4)5)22-16-30-32(18-22)17-20-8-7-9-21(15-20)27(37)38-2;1-3-8-29-21(30)18-11-19(26-20(18)28-9-7-24-23(28)29)17-12-25-27(14-17)13-15-5-4-6-16(10-15)22(31)32-2;1-2-7-28-21(30)18-10-19(25-20(18)27-8-6-23-22(27)28)17-11-24-26(13-17)12-15-4-3-5-16(9-15)14-29;1-5-7-25-18(27)15-17(24-8-6-20-19(24)25)23-16(14-11-21-22-12-14)26(15)13-28-9-10-29(2,3)4/h7-10,12,15-16,18H,6,11,13-14,17,19H2,1-5H3;4-7,9-10,12,14H,3,8,11,13H2,1-2H3;3-6,8-9,11,13,29H,2,7,10,12,14H2,1H3;6,8,11-12H,5,7,9-10,13H2,1-4H3,(H,21,22). The first-order chi connectivity index (χ1) is 63.4. The van der Waals surface area contributed by atoms with E-state index in [1.807, 2.05) is 151 Å². The van der Waals surface area contributed by atoms with Gasteiger partial charge in [-0.05, 0) is 84.3 Å². The maximum atomic E-state index is 13.8. The highest BCUT2D eigenvalue weighted by Crippen LogP contribution is 2.32. The molecule has 37 nitrogen and oxygen atoms in total.